The number of aliphatic hydroxyl groups is 1. The molecule has 0 bridgehead atoms. The van der Waals surface area contributed by atoms with Crippen molar-refractivity contribution < 1.29 is 5.11 Å². The van der Waals surface area contributed by atoms with Gasteiger partial charge in [-0.25, -0.2) is 4.98 Å². The molecule has 0 aliphatic heterocycles. The summed E-state index contributed by atoms with van der Waals surface area (Å²) >= 11 is 9.11. The first-order valence-electron chi connectivity index (χ1n) is 4.32. The molecule has 5 heteroatoms. The van der Waals surface area contributed by atoms with Crippen LogP contribution in [0.4, 0.5) is 5.82 Å². The van der Waals surface area contributed by atoms with Gasteiger partial charge in [-0.05, 0) is 35.3 Å². The minimum absolute atomic E-state index is 0.166. The first kappa shape index (κ1) is 11.8. The van der Waals surface area contributed by atoms with Crippen molar-refractivity contribution in [2.45, 2.75) is 19.4 Å². The van der Waals surface area contributed by atoms with Crippen LogP contribution in [-0.4, -0.2) is 22.7 Å². The molecule has 2 N–H and O–H groups in total. The number of aromatic nitrogens is 1. The van der Waals surface area contributed by atoms with Crippen LogP contribution < -0.4 is 5.32 Å². The Morgan fingerprint density at radius 1 is 1.71 bits per heavy atom. The van der Waals surface area contributed by atoms with E-state index in [9.17, 15) is 0 Å². The molecule has 0 fully saturated rings. The van der Waals surface area contributed by atoms with Crippen LogP contribution in [0, 0.1) is 0 Å². The van der Waals surface area contributed by atoms with E-state index in [0.717, 1.165) is 10.3 Å². The highest BCUT2D eigenvalue weighted by Gasteiger charge is 2.05. The maximum Gasteiger partial charge on any atom is 0.140 e. The Kier molecular flexibility index (Phi) is 4.65. The highest BCUT2D eigenvalue weighted by atomic mass is 79.9. The van der Waals surface area contributed by atoms with Gasteiger partial charge in [0.1, 0.15) is 5.82 Å². The predicted molar refractivity (Wildman–Crippen MR) is 61.7 cm³/mol. The minimum Gasteiger partial charge on any atom is -0.396 e. The van der Waals surface area contributed by atoms with E-state index in [2.05, 4.69) is 26.2 Å². The fourth-order valence-electron chi connectivity index (χ4n) is 1.02. The average molecular weight is 280 g/mol. The van der Waals surface area contributed by atoms with Gasteiger partial charge in [0.05, 0.1) is 9.50 Å². The van der Waals surface area contributed by atoms with Crippen LogP contribution in [0.25, 0.3) is 0 Å². The lowest BCUT2D eigenvalue weighted by Gasteiger charge is -2.14. The normalized spacial score (nSPS) is 12.6. The van der Waals surface area contributed by atoms with E-state index < -0.39 is 0 Å². The number of hydrogen-bond donors (Lipinski definition) is 2. The van der Waals surface area contributed by atoms with Crippen molar-refractivity contribution in [3.05, 3.63) is 21.8 Å². The summed E-state index contributed by atoms with van der Waals surface area (Å²) in [4.78, 5) is 4.13. The van der Waals surface area contributed by atoms with Crippen LogP contribution in [-0.2, 0) is 0 Å². The molecular weight excluding hydrogens is 267 g/mol. The molecule has 1 heterocycles. The lowest BCUT2D eigenvalue weighted by atomic mass is 10.2. The van der Waals surface area contributed by atoms with Gasteiger partial charge >= 0.3 is 0 Å². The van der Waals surface area contributed by atoms with Crippen LogP contribution in [0.1, 0.15) is 13.3 Å². The topological polar surface area (TPSA) is 45.1 Å². The molecule has 1 aromatic heterocycles. The first-order valence-corrected chi connectivity index (χ1v) is 5.49. The lowest BCUT2D eigenvalue weighted by Crippen LogP contribution is -2.17. The van der Waals surface area contributed by atoms with Crippen LogP contribution in [0.5, 0.6) is 0 Å². The van der Waals surface area contributed by atoms with E-state index in [1.807, 2.05) is 6.92 Å². The summed E-state index contributed by atoms with van der Waals surface area (Å²) in [6.45, 7) is 2.15. The van der Waals surface area contributed by atoms with Gasteiger partial charge in [0, 0.05) is 18.8 Å². The fourth-order valence-corrected chi connectivity index (χ4v) is 1.77. The molecule has 1 unspecified atom stereocenters. The highest BCUT2D eigenvalue weighted by molar-refractivity contribution is 9.10. The monoisotopic (exact) mass is 278 g/mol. The molecule has 1 aromatic rings. The first-order chi connectivity index (χ1) is 6.63. The third-order valence-corrected chi connectivity index (χ3v) is 2.56. The van der Waals surface area contributed by atoms with Gasteiger partial charge in [0.2, 0.25) is 0 Å². The van der Waals surface area contributed by atoms with Crippen molar-refractivity contribution in [2.24, 2.45) is 0 Å². The van der Waals surface area contributed by atoms with E-state index in [4.69, 9.17) is 16.7 Å². The van der Waals surface area contributed by atoms with E-state index in [-0.39, 0.29) is 12.6 Å². The van der Waals surface area contributed by atoms with Crippen molar-refractivity contribution >= 4 is 33.3 Å². The average Bonchev–Trinajstić information content (AvgIpc) is 2.10. The standard InChI is InChI=1S/C9H12BrClN2O/c1-6(2-3-14)13-9-8(10)4-7(11)5-12-9/h4-6,14H,2-3H2,1H3,(H,12,13). The molecule has 0 radical (unpaired) electrons. The quantitative estimate of drug-likeness (QED) is 0.891. The molecule has 0 saturated carbocycles. The molecule has 0 aliphatic carbocycles. The number of aliphatic hydroxyl groups excluding tert-OH is 1. The Morgan fingerprint density at radius 2 is 2.43 bits per heavy atom. The van der Waals surface area contributed by atoms with Gasteiger partial charge in [-0.15, -0.1) is 0 Å². The molecule has 1 rings (SSSR count). The van der Waals surface area contributed by atoms with Crippen LogP contribution in [0.15, 0.2) is 16.7 Å². The molecule has 1 atom stereocenters. The van der Waals surface area contributed by atoms with E-state index in [0.29, 0.717) is 11.4 Å². The van der Waals surface area contributed by atoms with Crippen molar-refractivity contribution in [3.63, 3.8) is 0 Å². The van der Waals surface area contributed by atoms with E-state index in [1.54, 1.807) is 12.3 Å². The zero-order valence-electron chi connectivity index (χ0n) is 7.80. The molecule has 0 spiro atoms. The Hall–Kier alpha value is -0.320. The van der Waals surface area contributed by atoms with Crippen molar-refractivity contribution in [2.75, 3.05) is 11.9 Å². The Labute approximate surface area is 96.6 Å². The van der Waals surface area contributed by atoms with Crippen LogP contribution in [0.2, 0.25) is 5.02 Å². The largest absolute Gasteiger partial charge is 0.396 e. The second-order valence-electron chi connectivity index (χ2n) is 3.04. The second-order valence-corrected chi connectivity index (χ2v) is 4.33. The smallest absolute Gasteiger partial charge is 0.140 e. The number of nitrogens with one attached hydrogen (secondary N) is 1. The maximum atomic E-state index is 8.73. The Morgan fingerprint density at radius 3 is 3.00 bits per heavy atom. The third-order valence-electron chi connectivity index (χ3n) is 1.75. The highest BCUT2D eigenvalue weighted by Crippen LogP contribution is 2.23. The maximum absolute atomic E-state index is 8.73. The summed E-state index contributed by atoms with van der Waals surface area (Å²) in [5.74, 6) is 0.746. The number of anilines is 1. The van der Waals surface area contributed by atoms with E-state index >= 15 is 0 Å². The van der Waals surface area contributed by atoms with Gasteiger partial charge < -0.3 is 10.4 Å². The zero-order valence-corrected chi connectivity index (χ0v) is 10.1. The SMILES string of the molecule is CC(CCO)Nc1ncc(Cl)cc1Br. The van der Waals surface area contributed by atoms with Gasteiger partial charge in [0.15, 0.2) is 0 Å². The van der Waals surface area contributed by atoms with Gasteiger partial charge in [0.25, 0.3) is 0 Å². The summed E-state index contributed by atoms with van der Waals surface area (Å²) in [7, 11) is 0. The van der Waals surface area contributed by atoms with E-state index in [1.165, 1.54) is 0 Å². The Balaban J connectivity index is 2.67. The second kappa shape index (κ2) is 5.53. The molecule has 14 heavy (non-hydrogen) atoms. The van der Waals surface area contributed by atoms with Crippen LogP contribution >= 0.6 is 27.5 Å². The lowest BCUT2D eigenvalue weighted by molar-refractivity contribution is 0.282. The fraction of sp³-hybridized carbons (Fsp3) is 0.444. The number of pyridine rings is 1. The molecule has 0 aliphatic rings. The van der Waals surface area contributed by atoms with Crippen LogP contribution in [0.3, 0.4) is 0 Å². The van der Waals surface area contributed by atoms with Gasteiger partial charge in [-0.1, -0.05) is 11.6 Å². The summed E-state index contributed by atoms with van der Waals surface area (Å²) in [5, 5.41) is 12.5. The molecule has 0 aromatic carbocycles. The molecule has 0 amide bonds. The summed E-state index contributed by atoms with van der Waals surface area (Å²) in [6.07, 6.45) is 2.27. The predicted octanol–water partition coefficient (Wildman–Crippen LogP) is 2.68. The summed E-state index contributed by atoms with van der Waals surface area (Å²) < 4.78 is 0.829. The van der Waals surface area contributed by atoms with Crippen molar-refractivity contribution in [3.8, 4) is 0 Å². The third kappa shape index (κ3) is 3.44. The number of rotatable bonds is 4. The zero-order chi connectivity index (χ0) is 10.6. The van der Waals surface area contributed by atoms with Crippen molar-refractivity contribution in [1.82, 2.24) is 4.98 Å². The summed E-state index contributed by atoms with van der Waals surface area (Å²) in [5.41, 5.74) is 0. The number of nitrogens with zero attached hydrogens (tertiary/aromatic N) is 1. The minimum atomic E-state index is 0.166. The van der Waals surface area contributed by atoms with Gasteiger partial charge in [-0.3, -0.25) is 0 Å². The van der Waals surface area contributed by atoms with Gasteiger partial charge in [-0.2, -0.15) is 0 Å². The summed E-state index contributed by atoms with van der Waals surface area (Å²) in [6, 6.07) is 1.97. The Bertz CT molecular complexity index is 309. The molecule has 78 valence electrons. The van der Waals surface area contributed by atoms with Crippen molar-refractivity contribution in [1.29, 1.82) is 0 Å². The number of halogens is 2. The molecular formula is C9H12BrClN2O. The molecule has 0 saturated heterocycles. The number of hydrogen-bond acceptors (Lipinski definition) is 3. The molecule has 3 nitrogen and oxygen atoms in total.